The first-order valence-electron chi connectivity index (χ1n) is 8.85. The van der Waals surface area contributed by atoms with Gasteiger partial charge in [0.1, 0.15) is 17.4 Å². The number of benzene rings is 3. The maximum Gasteiger partial charge on any atom is 0.257 e. The van der Waals surface area contributed by atoms with E-state index >= 15 is 0 Å². The van der Waals surface area contributed by atoms with Gasteiger partial charge in [0, 0.05) is 21.7 Å². The highest BCUT2D eigenvalue weighted by molar-refractivity contribution is 7.18. The summed E-state index contributed by atoms with van der Waals surface area (Å²) in [6.45, 7) is 0.321. The van der Waals surface area contributed by atoms with Gasteiger partial charge in [0.2, 0.25) is 5.13 Å². The van der Waals surface area contributed by atoms with E-state index < -0.39 is 0 Å². The zero-order chi connectivity index (χ0) is 20.1. The Hall–Kier alpha value is -3.22. The Kier molecular flexibility index (Phi) is 5.84. The summed E-state index contributed by atoms with van der Waals surface area (Å²) in [7, 11) is 0. The van der Waals surface area contributed by atoms with Crippen LogP contribution in [0.4, 0.5) is 5.13 Å². The Bertz CT molecular complexity index is 1130. The van der Waals surface area contributed by atoms with Gasteiger partial charge in [0.15, 0.2) is 0 Å². The number of rotatable bonds is 6. The minimum absolute atomic E-state index is 0.274. The Balaban J connectivity index is 1.42. The van der Waals surface area contributed by atoms with E-state index in [1.54, 1.807) is 24.3 Å². The molecule has 29 heavy (non-hydrogen) atoms. The average Bonchev–Trinajstić information content (AvgIpc) is 3.22. The lowest BCUT2D eigenvalue weighted by Gasteiger charge is -2.09. The lowest BCUT2D eigenvalue weighted by molar-refractivity contribution is 0.102. The summed E-state index contributed by atoms with van der Waals surface area (Å²) < 4.78 is 5.79. The highest BCUT2D eigenvalue weighted by Gasteiger charge is 2.12. The molecule has 0 spiro atoms. The molecule has 0 atom stereocenters. The Morgan fingerprint density at radius 1 is 0.966 bits per heavy atom. The molecule has 0 unspecified atom stereocenters. The van der Waals surface area contributed by atoms with E-state index in [4.69, 9.17) is 16.3 Å². The van der Waals surface area contributed by atoms with E-state index in [0.29, 0.717) is 28.1 Å². The molecule has 1 amide bonds. The number of aromatic nitrogens is 2. The van der Waals surface area contributed by atoms with Crippen LogP contribution in [0, 0.1) is 0 Å². The van der Waals surface area contributed by atoms with Crippen molar-refractivity contribution in [3.05, 3.63) is 95.0 Å². The van der Waals surface area contributed by atoms with E-state index in [0.717, 1.165) is 16.1 Å². The van der Waals surface area contributed by atoms with Crippen molar-refractivity contribution in [2.24, 2.45) is 0 Å². The molecule has 4 rings (SSSR count). The molecule has 0 saturated heterocycles. The third kappa shape index (κ3) is 4.80. The highest BCUT2D eigenvalue weighted by Crippen LogP contribution is 2.26. The van der Waals surface area contributed by atoms with Gasteiger partial charge in [-0.25, -0.2) is 0 Å². The van der Waals surface area contributed by atoms with Gasteiger partial charge in [-0.15, -0.1) is 10.2 Å². The predicted molar refractivity (Wildman–Crippen MR) is 116 cm³/mol. The fraction of sp³-hybridized carbons (Fsp3) is 0.0455. The predicted octanol–water partition coefficient (Wildman–Crippen LogP) is 5.69. The number of halogens is 1. The third-order valence-corrected chi connectivity index (χ3v) is 5.37. The number of nitrogens with zero attached hydrogens (tertiary/aromatic N) is 2. The van der Waals surface area contributed by atoms with Crippen LogP contribution in [0.25, 0.3) is 10.6 Å². The molecule has 3 aromatic carbocycles. The number of nitrogens with one attached hydrogen (secondary N) is 1. The zero-order valence-corrected chi connectivity index (χ0v) is 16.8. The first kappa shape index (κ1) is 19.1. The van der Waals surface area contributed by atoms with Gasteiger partial charge in [-0.1, -0.05) is 77.5 Å². The Morgan fingerprint density at radius 3 is 2.59 bits per heavy atom. The fourth-order valence-electron chi connectivity index (χ4n) is 2.64. The molecule has 4 aromatic rings. The van der Waals surface area contributed by atoms with Crippen LogP contribution in [-0.2, 0) is 6.61 Å². The second-order valence-electron chi connectivity index (χ2n) is 6.14. The van der Waals surface area contributed by atoms with E-state index in [9.17, 15) is 4.79 Å². The number of hydrogen-bond acceptors (Lipinski definition) is 5. The van der Waals surface area contributed by atoms with Crippen LogP contribution in [0.15, 0.2) is 78.9 Å². The summed E-state index contributed by atoms with van der Waals surface area (Å²) in [5.74, 6) is 0.309. The standard InChI is InChI=1S/C22H16ClN3O2S/c23-19-12-5-4-9-17(19)14-28-18-11-6-10-16(13-18)20(27)24-22-26-25-21(29-22)15-7-2-1-3-8-15/h1-13H,14H2,(H,24,26,27). The van der Waals surface area contributed by atoms with Gasteiger partial charge in [0.05, 0.1) is 0 Å². The molecule has 1 aromatic heterocycles. The van der Waals surface area contributed by atoms with Crippen LogP contribution >= 0.6 is 22.9 Å². The second kappa shape index (κ2) is 8.86. The van der Waals surface area contributed by atoms with Crippen LogP contribution in [-0.4, -0.2) is 16.1 Å². The molecule has 0 aliphatic rings. The van der Waals surface area contributed by atoms with Crippen molar-refractivity contribution in [1.29, 1.82) is 0 Å². The molecule has 144 valence electrons. The number of anilines is 1. The first-order chi connectivity index (χ1) is 14.2. The number of carbonyl (C=O) groups is 1. The van der Waals surface area contributed by atoms with Crippen molar-refractivity contribution in [1.82, 2.24) is 10.2 Å². The zero-order valence-electron chi connectivity index (χ0n) is 15.2. The second-order valence-corrected chi connectivity index (χ2v) is 7.53. The van der Waals surface area contributed by atoms with Crippen LogP contribution in [0.3, 0.4) is 0 Å². The van der Waals surface area contributed by atoms with E-state index in [1.165, 1.54) is 11.3 Å². The lowest BCUT2D eigenvalue weighted by atomic mass is 10.2. The molecule has 7 heteroatoms. The molecule has 0 aliphatic heterocycles. The largest absolute Gasteiger partial charge is 0.489 e. The molecule has 0 aliphatic carbocycles. The van der Waals surface area contributed by atoms with E-state index in [2.05, 4.69) is 15.5 Å². The quantitative estimate of drug-likeness (QED) is 0.434. The van der Waals surface area contributed by atoms with Crippen molar-refractivity contribution >= 4 is 34.0 Å². The molecule has 1 N–H and O–H groups in total. The maximum atomic E-state index is 12.6. The Morgan fingerprint density at radius 2 is 1.76 bits per heavy atom. The Labute approximate surface area is 177 Å². The van der Waals surface area contributed by atoms with E-state index in [1.807, 2.05) is 54.6 Å². The molecule has 0 bridgehead atoms. The summed E-state index contributed by atoms with van der Waals surface area (Å²) >= 11 is 7.48. The molecule has 0 radical (unpaired) electrons. The summed E-state index contributed by atoms with van der Waals surface area (Å²) in [5, 5.41) is 12.8. The summed E-state index contributed by atoms with van der Waals surface area (Å²) in [6, 6.07) is 24.2. The summed E-state index contributed by atoms with van der Waals surface area (Å²) in [5.41, 5.74) is 2.31. The normalized spacial score (nSPS) is 10.5. The lowest BCUT2D eigenvalue weighted by Crippen LogP contribution is -2.11. The van der Waals surface area contributed by atoms with Crippen LogP contribution < -0.4 is 10.1 Å². The molecule has 0 fully saturated rings. The monoisotopic (exact) mass is 421 g/mol. The van der Waals surface area contributed by atoms with Gasteiger partial charge in [-0.3, -0.25) is 10.1 Å². The average molecular weight is 422 g/mol. The van der Waals surface area contributed by atoms with Gasteiger partial charge >= 0.3 is 0 Å². The van der Waals surface area contributed by atoms with Crippen molar-refractivity contribution < 1.29 is 9.53 Å². The summed E-state index contributed by atoms with van der Waals surface area (Å²) in [6.07, 6.45) is 0. The number of ether oxygens (including phenoxy) is 1. The van der Waals surface area contributed by atoms with Crippen LogP contribution in [0.5, 0.6) is 5.75 Å². The third-order valence-electron chi connectivity index (χ3n) is 4.11. The van der Waals surface area contributed by atoms with Crippen LogP contribution in [0.1, 0.15) is 15.9 Å². The molecular formula is C22H16ClN3O2S. The minimum atomic E-state index is -0.274. The number of carbonyl (C=O) groups excluding carboxylic acids is 1. The smallest absolute Gasteiger partial charge is 0.257 e. The molecule has 1 heterocycles. The SMILES string of the molecule is O=C(Nc1nnc(-c2ccccc2)s1)c1cccc(OCc2ccccc2Cl)c1. The van der Waals surface area contributed by atoms with E-state index in [-0.39, 0.29) is 5.91 Å². The maximum absolute atomic E-state index is 12.6. The topological polar surface area (TPSA) is 64.1 Å². The van der Waals surface area contributed by atoms with Gasteiger partial charge in [0.25, 0.3) is 5.91 Å². The van der Waals surface area contributed by atoms with Crippen molar-refractivity contribution in [3.8, 4) is 16.3 Å². The number of hydrogen-bond donors (Lipinski definition) is 1. The molecule has 0 saturated carbocycles. The van der Waals surface area contributed by atoms with Gasteiger partial charge in [-0.2, -0.15) is 0 Å². The number of amides is 1. The fourth-order valence-corrected chi connectivity index (χ4v) is 3.58. The van der Waals surface area contributed by atoms with Gasteiger partial charge in [-0.05, 0) is 24.3 Å². The molecular weight excluding hydrogens is 406 g/mol. The van der Waals surface area contributed by atoms with Crippen molar-refractivity contribution in [3.63, 3.8) is 0 Å². The first-order valence-corrected chi connectivity index (χ1v) is 10.0. The van der Waals surface area contributed by atoms with Gasteiger partial charge < -0.3 is 4.74 Å². The highest BCUT2D eigenvalue weighted by atomic mass is 35.5. The minimum Gasteiger partial charge on any atom is -0.489 e. The molecule has 5 nitrogen and oxygen atoms in total. The van der Waals surface area contributed by atoms with Crippen molar-refractivity contribution in [2.45, 2.75) is 6.61 Å². The van der Waals surface area contributed by atoms with Crippen LogP contribution in [0.2, 0.25) is 5.02 Å². The summed E-state index contributed by atoms with van der Waals surface area (Å²) in [4.78, 5) is 12.6. The van der Waals surface area contributed by atoms with Crippen molar-refractivity contribution in [2.75, 3.05) is 5.32 Å².